The van der Waals surface area contributed by atoms with Crippen LogP contribution in [-0.4, -0.2) is 60.0 Å². The number of carbonyl (C=O) groups is 1. The molecule has 2 aromatic rings. The van der Waals surface area contributed by atoms with Gasteiger partial charge in [-0.1, -0.05) is 25.0 Å². The smallest absolute Gasteiger partial charge is 0.257 e. The Morgan fingerprint density at radius 3 is 2.42 bits per heavy atom. The first-order chi connectivity index (χ1) is 16.2. The third-order valence-corrected chi connectivity index (χ3v) is 7.03. The fraction of sp³-hybridized carbons (Fsp3) is 0.560. The molecule has 0 radical (unpaired) electrons. The van der Waals surface area contributed by atoms with E-state index in [-0.39, 0.29) is 18.0 Å². The first-order valence-corrected chi connectivity index (χ1v) is 12.4. The maximum absolute atomic E-state index is 12.9. The minimum Gasteiger partial charge on any atom is -0.370 e. The maximum Gasteiger partial charge on any atom is 0.257 e. The maximum atomic E-state index is 12.9. The molecule has 0 saturated carbocycles. The Balaban J connectivity index is 1.24. The highest BCUT2D eigenvalue weighted by Crippen LogP contribution is 2.28. The number of hydrogen-bond acceptors (Lipinski definition) is 6. The number of fused-ring (bicyclic) bond motifs is 1. The molecule has 2 N–H and O–H groups in total. The van der Waals surface area contributed by atoms with Gasteiger partial charge in [0, 0.05) is 45.7 Å². The quantitative estimate of drug-likeness (QED) is 0.729. The van der Waals surface area contributed by atoms with Crippen LogP contribution in [-0.2, 0) is 17.8 Å². The first-order valence-electron chi connectivity index (χ1n) is 12.4. The molecule has 4 heterocycles. The van der Waals surface area contributed by atoms with Crippen LogP contribution >= 0.6 is 0 Å². The van der Waals surface area contributed by atoms with Gasteiger partial charge in [-0.3, -0.25) is 19.5 Å². The predicted octanol–water partition coefficient (Wildman–Crippen LogP) is 2.75. The largest absolute Gasteiger partial charge is 0.370 e. The van der Waals surface area contributed by atoms with Crippen LogP contribution in [0.2, 0.25) is 0 Å². The number of carbonyl (C=O) groups excluding carboxylic acids is 1. The van der Waals surface area contributed by atoms with Gasteiger partial charge in [-0.05, 0) is 37.8 Å². The summed E-state index contributed by atoms with van der Waals surface area (Å²) >= 11 is 0. The normalized spacial score (nSPS) is 19.3. The molecule has 3 aliphatic heterocycles. The summed E-state index contributed by atoms with van der Waals surface area (Å²) in [5.41, 5.74) is 3.48. The molecule has 33 heavy (non-hydrogen) atoms. The fourth-order valence-electron chi connectivity index (χ4n) is 5.24. The molecule has 1 aromatic carbocycles. The predicted molar refractivity (Wildman–Crippen MR) is 131 cm³/mol. The number of nitrogens with zero attached hydrogens (tertiary/aromatic N) is 4. The second-order valence-electron chi connectivity index (χ2n) is 9.44. The lowest BCUT2D eigenvalue weighted by atomic mass is 10.1. The molecule has 1 amide bonds. The summed E-state index contributed by atoms with van der Waals surface area (Å²) in [7, 11) is 0. The zero-order valence-electron chi connectivity index (χ0n) is 19.3. The summed E-state index contributed by atoms with van der Waals surface area (Å²) in [4.78, 5) is 40.0. The number of amides is 1. The number of benzene rings is 1. The number of rotatable bonds is 5. The number of hydrogen-bond donors (Lipinski definition) is 2. The van der Waals surface area contributed by atoms with Crippen molar-refractivity contribution in [3.05, 3.63) is 45.9 Å². The minimum atomic E-state index is -0.0708. The summed E-state index contributed by atoms with van der Waals surface area (Å²) < 4.78 is 0. The number of aromatic amines is 1. The first kappa shape index (κ1) is 21.9. The van der Waals surface area contributed by atoms with Crippen molar-refractivity contribution in [2.24, 2.45) is 0 Å². The molecule has 8 nitrogen and oxygen atoms in total. The second-order valence-corrected chi connectivity index (χ2v) is 9.44. The molecule has 0 aliphatic carbocycles. The number of aromatic nitrogens is 2. The van der Waals surface area contributed by atoms with E-state index >= 15 is 0 Å². The molecule has 5 rings (SSSR count). The average Bonchev–Trinajstić information content (AvgIpc) is 3.23. The Labute approximate surface area is 195 Å². The summed E-state index contributed by atoms with van der Waals surface area (Å²) in [6, 6.07) is 8.09. The van der Waals surface area contributed by atoms with E-state index in [4.69, 9.17) is 4.98 Å². The highest BCUT2D eigenvalue weighted by atomic mass is 16.2. The highest BCUT2D eigenvalue weighted by Gasteiger charge is 2.25. The molecule has 1 aromatic heterocycles. The molecule has 2 fully saturated rings. The lowest BCUT2D eigenvalue weighted by molar-refractivity contribution is -0.117. The molecule has 0 bridgehead atoms. The Bertz CT molecular complexity index is 1040. The van der Waals surface area contributed by atoms with Crippen molar-refractivity contribution in [2.45, 2.75) is 51.5 Å². The zero-order chi connectivity index (χ0) is 22.6. The van der Waals surface area contributed by atoms with Crippen molar-refractivity contribution in [1.29, 1.82) is 0 Å². The second kappa shape index (κ2) is 9.95. The van der Waals surface area contributed by atoms with Crippen LogP contribution in [0.15, 0.2) is 29.1 Å². The minimum absolute atomic E-state index is 0.0428. The number of nitrogens with one attached hydrogen (secondary N) is 2. The summed E-state index contributed by atoms with van der Waals surface area (Å²) in [6.07, 6.45) is 7.91. The molecule has 0 spiro atoms. The Morgan fingerprint density at radius 2 is 1.64 bits per heavy atom. The van der Waals surface area contributed by atoms with Gasteiger partial charge in [-0.25, -0.2) is 4.98 Å². The lowest BCUT2D eigenvalue weighted by Gasteiger charge is -2.29. The standard InChI is InChI=1S/C25H34N6O2/c32-23(26-21-9-3-4-10-22(21)30-12-5-1-2-6-13-30)18-29-16-11-20-19(17-29)24(33)28-25(27-20)31-14-7-8-15-31/h3-4,9-10H,1-2,5-8,11-18H2,(H,26,32)(H,27,28,33). The van der Waals surface area contributed by atoms with Gasteiger partial charge < -0.3 is 15.1 Å². The van der Waals surface area contributed by atoms with Crippen molar-refractivity contribution in [3.63, 3.8) is 0 Å². The highest BCUT2D eigenvalue weighted by molar-refractivity contribution is 5.95. The van der Waals surface area contributed by atoms with Crippen molar-refractivity contribution >= 4 is 23.2 Å². The SMILES string of the molecule is O=C(CN1CCc2nc(N3CCCC3)[nH]c(=O)c2C1)Nc1ccccc1N1CCCCCC1. The Morgan fingerprint density at radius 1 is 0.939 bits per heavy atom. The van der Waals surface area contributed by atoms with Crippen LogP contribution in [0.5, 0.6) is 0 Å². The topological polar surface area (TPSA) is 84.6 Å². The van der Waals surface area contributed by atoms with E-state index in [9.17, 15) is 9.59 Å². The van der Waals surface area contributed by atoms with Crippen LogP contribution in [0.4, 0.5) is 17.3 Å². The molecular formula is C25H34N6O2. The van der Waals surface area contributed by atoms with Crippen molar-refractivity contribution in [1.82, 2.24) is 14.9 Å². The van der Waals surface area contributed by atoms with E-state index in [0.29, 0.717) is 24.5 Å². The van der Waals surface area contributed by atoms with Gasteiger partial charge >= 0.3 is 0 Å². The summed E-state index contributed by atoms with van der Waals surface area (Å²) in [6.45, 7) is 5.42. The Hall–Kier alpha value is -2.87. The van der Waals surface area contributed by atoms with Crippen LogP contribution < -0.4 is 20.7 Å². The fourth-order valence-corrected chi connectivity index (χ4v) is 5.24. The third-order valence-electron chi connectivity index (χ3n) is 7.03. The van der Waals surface area contributed by atoms with Crippen LogP contribution in [0.1, 0.15) is 49.8 Å². The van der Waals surface area contributed by atoms with E-state index in [1.54, 1.807) is 0 Å². The van der Waals surface area contributed by atoms with Gasteiger partial charge in [0.2, 0.25) is 11.9 Å². The molecule has 8 heteroatoms. The van der Waals surface area contributed by atoms with Gasteiger partial charge in [0.15, 0.2) is 0 Å². The van der Waals surface area contributed by atoms with Gasteiger partial charge in [-0.15, -0.1) is 0 Å². The summed E-state index contributed by atoms with van der Waals surface area (Å²) in [5, 5.41) is 3.13. The van der Waals surface area contributed by atoms with Gasteiger partial charge in [0.05, 0.1) is 29.2 Å². The molecule has 2 saturated heterocycles. The molecular weight excluding hydrogens is 416 g/mol. The lowest BCUT2D eigenvalue weighted by Crippen LogP contribution is -2.40. The molecule has 176 valence electrons. The van der Waals surface area contributed by atoms with E-state index in [0.717, 1.165) is 62.6 Å². The van der Waals surface area contributed by atoms with Gasteiger partial charge in [-0.2, -0.15) is 0 Å². The molecule has 3 aliphatic rings. The van der Waals surface area contributed by atoms with Gasteiger partial charge in [0.25, 0.3) is 5.56 Å². The van der Waals surface area contributed by atoms with Crippen molar-refractivity contribution < 1.29 is 4.79 Å². The van der Waals surface area contributed by atoms with Gasteiger partial charge in [0.1, 0.15) is 0 Å². The molecule has 0 unspecified atom stereocenters. The van der Waals surface area contributed by atoms with Crippen molar-refractivity contribution in [2.75, 3.05) is 54.4 Å². The van der Waals surface area contributed by atoms with Crippen LogP contribution in [0, 0.1) is 0 Å². The third kappa shape index (κ3) is 5.05. The Kier molecular flexibility index (Phi) is 6.62. The summed E-state index contributed by atoms with van der Waals surface area (Å²) in [5.74, 6) is 0.659. The van der Waals surface area contributed by atoms with E-state index in [1.165, 1.54) is 25.7 Å². The zero-order valence-corrected chi connectivity index (χ0v) is 19.3. The van der Waals surface area contributed by atoms with E-state index < -0.39 is 0 Å². The van der Waals surface area contributed by atoms with Crippen LogP contribution in [0.25, 0.3) is 0 Å². The molecule has 0 atom stereocenters. The monoisotopic (exact) mass is 450 g/mol. The number of para-hydroxylation sites is 2. The van der Waals surface area contributed by atoms with Crippen molar-refractivity contribution in [3.8, 4) is 0 Å². The van der Waals surface area contributed by atoms with Crippen LogP contribution in [0.3, 0.4) is 0 Å². The average molecular weight is 451 g/mol. The number of anilines is 3. The van der Waals surface area contributed by atoms with E-state index in [2.05, 4.69) is 26.2 Å². The van der Waals surface area contributed by atoms with E-state index in [1.807, 2.05) is 23.1 Å². The number of H-pyrrole nitrogens is 1.